The molecule has 0 saturated carbocycles. The third kappa shape index (κ3) is 6.23. The lowest BCUT2D eigenvalue weighted by Gasteiger charge is -2.27. The van der Waals surface area contributed by atoms with Crippen molar-refractivity contribution in [2.45, 2.75) is 65.0 Å². The van der Waals surface area contributed by atoms with E-state index in [-0.39, 0.29) is 0 Å². The van der Waals surface area contributed by atoms with Gasteiger partial charge in [0.1, 0.15) is 0 Å². The van der Waals surface area contributed by atoms with Crippen molar-refractivity contribution in [3.05, 3.63) is 12.2 Å². The van der Waals surface area contributed by atoms with Gasteiger partial charge in [-0.1, -0.05) is 38.8 Å². The summed E-state index contributed by atoms with van der Waals surface area (Å²) in [5.41, 5.74) is 0. The molecule has 0 aliphatic heterocycles. The Morgan fingerprint density at radius 3 is 2.82 bits per heavy atom. The largest absolute Gasteiger partial charge is 0.380 e. The maximum Gasteiger partial charge on any atom is 0.0622 e. The van der Waals surface area contributed by atoms with E-state index >= 15 is 0 Å². The van der Waals surface area contributed by atoms with Gasteiger partial charge in [-0.25, -0.2) is 0 Å². The second-order valence-electron chi connectivity index (χ2n) is 5.35. The minimum atomic E-state index is 0.476. The van der Waals surface area contributed by atoms with E-state index in [1.54, 1.807) is 0 Å². The molecule has 2 unspecified atom stereocenters. The quantitative estimate of drug-likeness (QED) is 0.716. The van der Waals surface area contributed by atoms with Crippen LogP contribution in [-0.4, -0.2) is 25.3 Å². The second kappa shape index (κ2) is 8.71. The average molecular weight is 239 g/mol. The van der Waals surface area contributed by atoms with Crippen LogP contribution in [0.15, 0.2) is 12.2 Å². The van der Waals surface area contributed by atoms with E-state index in [0.29, 0.717) is 18.0 Å². The molecule has 1 rings (SSSR count). The van der Waals surface area contributed by atoms with Gasteiger partial charge in [0.25, 0.3) is 0 Å². The summed E-state index contributed by atoms with van der Waals surface area (Å²) in [4.78, 5) is 0. The van der Waals surface area contributed by atoms with Crippen LogP contribution in [0.3, 0.4) is 0 Å². The Balaban J connectivity index is 2.42. The van der Waals surface area contributed by atoms with Crippen molar-refractivity contribution in [1.82, 2.24) is 5.32 Å². The van der Waals surface area contributed by atoms with Gasteiger partial charge in [0.2, 0.25) is 0 Å². The first-order chi connectivity index (χ1) is 8.24. The minimum absolute atomic E-state index is 0.476. The van der Waals surface area contributed by atoms with Crippen LogP contribution in [0.1, 0.15) is 52.9 Å². The fraction of sp³-hybridized carbons (Fsp3) is 0.867. The van der Waals surface area contributed by atoms with Gasteiger partial charge in [-0.2, -0.15) is 0 Å². The van der Waals surface area contributed by atoms with Gasteiger partial charge in [-0.15, -0.1) is 0 Å². The van der Waals surface area contributed by atoms with E-state index < -0.39 is 0 Å². The Labute approximate surface area is 107 Å². The topological polar surface area (TPSA) is 21.3 Å². The van der Waals surface area contributed by atoms with E-state index in [2.05, 4.69) is 38.2 Å². The van der Waals surface area contributed by atoms with E-state index in [1.807, 2.05) is 0 Å². The molecule has 0 radical (unpaired) electrons. The summed E-state index contributed by atoms with van der Waals surface area (Å²) in [5, 5.41) is 3.75. The Kier molecular flexibility index (Phi) is 7.54. The van der Waals surface area contributed by atoms with Crippen molar-refractivity contribution < 1.29 is 4.74 Å². The number of hydrogen-bond donors (Lipinski definition) is 1. The lowest BCUT2D eigenvalue weighted by Crippen LogP contribution is -2.43. The van der Waals surface area contributed by atoms with Crippen LogP contribution < -0.4 is 5.32 Å². The zero-order valence-electron chi connectivity index (χ0n) is 11.7. The number of rotatable bonds is 6. The molecule has 0 spiro atoms. The van der Waals surface area contributed by atoms with Crippen LogP contribution in [0.5, 0.6) is 0 Å². The highest BCUT2D eigenvalue weighted by atomic mass is 16.5. The normalized spacial score (nSPS) is 25.3. The molecule has 100 valence electrons. The van der Waals surface area contributed by atoms with Crippen LogP contribution in [0.2, 0.25) is 0 Å². The van der Waals surface area contributed by atoms with E-state index in [4.69, 9.17) is 4.74 Å². The molecule has 0 saturated heterocycles. The summed E-state index contributed by atoms with van der Waals surface area (Å²) >= 11 is 0. The smallest absolute Gasteiger partial charge is 0.0622 e. The fourth-order valence-corrected chi connectivity index (χ4v) is 2.25. The summed E-state index contributed by atoms with van der Waals surface area (Å²) in [6.07, 6.45) is 11.3. The molecule has 0 aromatic carbocycles. The Hall–Kier alpha value is -0.340. The van der Waals surface area contributed by atoms with Gasteiger partial charge < -0.3 is 10.1 Å². The summed E-state index contributed by atoms with van der Waals surface area (Å²) in [7, 11) is 0. The molecule has 0 amide bonds. The zero-order valence-corrected chi connectivity index (χ0v) is 11.7. The van der Waals surface area contributed by atoms with Gasteiger partial charge in [-0.3, -0.25) is 0 Å². The summed E-state index contributed by atoms with van der Waals surface area (Å²) in [6, 6.07) is 1.02. The van der Waals surface area contributed by atoms with E-state index in [0.717, 1.165) is 13.2 Å². The predicted molar refractivity (Wildman–Crippen MR) is 74.3 cm³/mol. The number of nitrogens with one attached hydrogen (secondary N) is 1. The number of hydrogen-bond acceptors (Lipinski definition) is 2. The average Bonchev–Trinajstić information content (AvgIpc) is 2.26. The van der Waals surface area contributed by atoms with Crippen molar-refractivity contribution in [2.24, 2.45) is 5.92 Å². The monoisotopic (exact) mass is 239 g/mol. The molecule has 17 heavy (non-hydrogen) atoms. The highest BCUT2D eigenvalue weighted by Gasteiger charge is 2.17. The molecule has 1 aliphatic rings. The third-order valence-electron chi connectivity index (χ3n) is 3.49. The summed E-state index contributed by atoms with van der Waals surface area (Å²) in [5.74, 6) is 0.625. The third-order valence-corrected chi connectivity index (χ3v) is 3.49. The Morgan fingerprint density at radius 2 is 2.12 bits per heavy atom. The SMILES string of the molecule is CCOCC(NC1/C=C/CCCCC1)C(C)C. The molecule has 1 aliphatic carbocycles. The molecule has 0 aromatic heterocycles. The van der Waals surface area contributed by atoms with Gasteiger partial charge in [0.15, 0.2) is 0 Å². The highest BCUT2D eigenvalue weighted by Crippen LogP contribution is 2.13. The van der Waals surface area contributed by atoms with Crippen LogP contribution in [-0.2, 0) is 4.74 Å². The molecule has 1 N–H and O–H groups in total. The molecule has 0 heterocycles. The van der Waals surface area contributed by atoms with Crippen LogP contribution in [0.25, 0.3) is 0 Å². The maximum atomic E-state index is 5.57. The molecule has 2 atom stereocenters. The van der Waals surface area contributed by atoms with Crippen molar-refractivity contribution in [3.63, 3.8) is 0 Å². The molecular formula is C15H29NO. The Morgan fingerprint density at radius 1 is 1.29 bits per heavy atom. The Bertz CT molecular complexity index is 213. The molecule has 0 bridgehead atoms. The fourth-order valence-electron chi connectivity index (χ4n) is 2.25. The van der Waals surface area contributed by atoms with E-state index in [9.17, 15) is 0 Å². The van der Waals surface area contributed by atoms with Gasteiger partial charge in [0, 0.05) is 18.7 Å². The zero-order chi connectivity index (χ0) is 12.5. The van der Waals surface area contributed by atoms with E-state index in [1.165, 1.54) is 32.1 Å². The molecule has 2 heteroatoms. The van der Waals surface area contributed by atoms with Crippen LogP contribution in [0, 0.1) is 5.92 Å². The van der Waals surface area contributed by atoms with Crippen LogP contribution >= 0.6 is 0 Å². The molecule has 0 fully saturated rings. The predicted octanol–water partition coefficient (Wildman–Crippen LogP) is 3.53. The number of ether oxygens (including phenoxy) is 1. The van der Waals surface area contributed by atoms with Gasteiger partial charge in [0.05, 0.1) is 6.61 Å². The second-order valence-corrected chi connectivity index (χ2v) is 5.35. The van der Waals surface area contributed by atoms with Crippen molar-refractivity contribution >= 4 is 0 Å². The van der Waals surface area contributed by atoms with Gasteiger partial charge in [-0.05, 0) is 32.1 Å². The summed E-state index contributed by atoms with van der Waals surface area (Å²) in [6.45, 7) is 8.24. The molecular weight excluding hydrogens is 210 g/mol. The molecule has 0 aromatic rings. The first kappa shape index (κ1) is 14.7. The summed E-state index contributed by atoms with van der Waals surface area (Å²) < 4.78 is 5.57. The molecule has 2 nitrogen and oxygen atoms in total. The lowest BCUT2D eigenvalue weighted by molar-refractivity contribution is 0.105. The number of allylic oxidation sites excluding steroid dienone is 1. The maximum absolute atomic E-state index is 5.57. The van der Waals surface area contributed by atoms with Crippen molar-refractivity contribution in [2.75, 3.05) is 13.2 Å². The van der Waals surface area contributed by atoms with Crippen molar-refractivity contribution in [1.29, 1.82) is 0 Å². The highest BCUT2D eigenvalue weighted by molar-refractivity contribution is 4.96. The first-order valence-electron chi connectivity index (χ1n) is 7.24. The minimum Gasteiger partial charge on any atom is -0.380 e. The first-order valence-corrected chi connectivity index (χ1v) is 7.24. The van der Waals surface area contributed by atoms with Gasteiger partial charge >= 0.3 is 0 Å². The van der Waals surface area contributed by atoms with Crippen molar-refractivity contribution in [3.8, 4) is 0 Å². The van der Waals surface area contributed by atoms with Crippen LogP contribution in [0.4, 0.5) is 0 Å². The standard InChI is InChI=1S/C15H29NO/c1-4-17-12-15(13(2)3)16-14-10-8-6-5-7-9-11-14/h8,10,13-16H,4-7,9,11-12H2,1-3H3/b10-8+. The lowest BCUT2D eigenvalue weighted by atomic mass is 9.99.